The molecule has 1 spiro atoms. The Bertz CT molecular complexity index is 335. The van der Waals surface area contributed by atoms with Crippen LogP contribution in [0, 0.1) is 5.41 Å². The van der Waals surface area contributed by atoms with E-state index in [1.165, 1.54) is 32.1 Å². The maximum atomic E-state index is 6.16. The van der Waals surface area contributed by atoms with E-state index in [2.05, 4.69) is 37.6 Å². The average molecular weight is 251 g/mol. The standard InChI is InChI=1S/C15H29N3/c1-5-12(2)18-13(16)17-11-15(18)8-6-7-14(3,4)9-10-15/h12H,5-11H2,1-4H3,(H2,16,17). The normalized spacial score (nSPS) is 33.3. The molecule has 3 nitrogen and oxygen atoms in total. The molecule has 2 aliphatic rings. The van der Waals surface area contributed by atoms with Crippen molar-refractivity contribution in [3.05, 3.63) is 0 Å². The number of guanidine groups is 1. The van der Waals surface area contributed by atoms with Gasteiger partial charge in [0.15, 0.2) is 5.96 Å². The van der Waals surface area contributed by atoms with Gasteiger partial charge in [0, 0.05) is 6.04 Å². The summed E-state index contributed by atoms with van der Waals surface area (Å²) in [5.74, 6) is 0.782. The zero-order chi connectivity index (χ0) is 13.4. The van der Waals surface area contributed by atoms with Gasteiger partial charge in [-0.3, -0.25) is 4.99 Å². The van der Waals surface area contributed by atoms with Crippen LogP contribution in [0.25, 0.3) is 0 Å². The van der Waals surface area contributed by atoms with Crippen LogP contribution in [-0.4, -0.2) is 29.0 Å². The van der Waals surface area contributed by atoms with E-state index in [0.29, 0.717) is 11.5 Å². The molecule has 2 rings (SSSR count). The van der Waals surface area contributed by atoms with Crippen LogP contribution in [0.2, 0.25) is 0 Å². The van der Waals surface area contributed by atoms with Crippen molar-refractivity contribution < 1.29 is 0 Å². The fourth-order valence-corrected chi connectivity index (χ4v) is 3.62. The van der Waals surface area contributed by atoms with Crippen molar-refractivity contribution in [3.8, 4) is 0 Å². The lowest BCUT2D eigenvalue weighted by Gasteiger charge is -2.42. The fraction of sp³-hybridized carbons (Fsp3) is 0.933. The molecule has 0 bridgehead atoms. The van der Waals surface area contributed by atoms with E-state index in [9.17, 15) is 0 Å². The molecule has 2 atom stereocenters. The molecule has 0 saturated heterocycles. The van der Waals surface area contributed by atoms with Crippen molar-refractivity contribution in [1.29, 1.82) is 0 Å². The second-order valence-corrected chi connectivity index (χ2v) is 7.04. The Hall–Kier alpha value is -0.730. The predicted octanol–water partition coefficient (Wildman–Crippen LogP) is 3.14. The molecule has 1 heterocycles. The van der Waals surface area contributed by atoms with Crippen molar-refractivity contribution in [1.82, 2.24) is 4.90 Å². The molecule has 2 unspecified atom stereocenters. The van der Waals surface area contributed by atoms with Gasteiger partial charge in [0.25, 0.3) is 0 Å². The highest BCUT2D eigenvalue weighted by atomic mass is 15.4. The van der Waals surface area contributed by atoms with Crippen LogP contribution >= 0.6 is 0 Å². The Labute approximate surface area is 112 Å². The second kappa shape index (κ2) is 4.75. The van der Waals surface area contributed by atoms with Crippen LogP contribution in [0.4, 0.5) is 0 Å². The Morgan fingerprint density at radius 1 is 1.28 bits per heavy atom. The highest BCUT2D eigenvalue weighted by Gasteiger charge is 2.45. The van der Waals surface area contributed by atoms with Gasteiger partial charge in [-0.2, -0.15) is 0 Å². The van der Waals surface area contributed by atoms with Gasteiger partial charge in [-0.05, 0) is 44.4 Å². The molecule has 0 radical (unpaired) electrons. The quantitative estimate of drug-likeness (QED) is 0.819. The van der Waals surface area contributed by atoms with E-state index in [-0.39, 0.29) is 5.54 Å². The van der Waals surface area contributed by atoms with E-state index in [4.69, 9.17) is 5.73 Å². The van der Waals surface area contributed by atoms with Crippen molar-refractivity contribution in [2.24, 2.45) is 16.1 Å². The fourth-order valence-electron chi connectivity index (χ4n) is 3.62. The van der Waals surface area contributed by atoms with Gasteiger partial charge in [0.05, 0.1) is 12.1 Å². The van der Waals surface area contributed by atoms with Crippen LogP contribution in [-0.2, 0) is 0 Å². The number of hydrogen-bond donors (Lipinski definition) is 1. The zero-order valence-electron chi connectivity index (χ0n) is 12.5. The molecule has 18 heavy (non-hydrogen) atoms. The van der Waals surface area contributed by atoms with E-state index in [0.717, 1.165) is 18.9 Å². The summed E-state index contributed by atoms with van der Waals surface area (Å²) in [6, 6.07) is 0.512. The zero-order valence-corrected chi connectivity index (χ0v) is 12.5. The van der Waals surface area contributed by atoms with E-state index >= 15 is 0 Å². The summed E-state index contributed by atoms with van der Waals surface area (Å²) < 4.78 is 0. The third-order valence-electron chi connectivity index (χ3n) is 5.09. The minimum absolute atomic E-state index is 0.229. The molecule has 2 N–H and O–H groups in total. The average Bonchev–Trinajstić information content (AvgIpc) is 2.55. The largest absolute Gasteiger partial charge is 0.370 e. The first-order valence-electron chi connectivity index (χ1n) is 7.49. The summed E-state index contributed by atoms with van der Waals surface area (Å²) in [5, 5.41) is 0. The van der Waals surface area contributed by atoms with Crippen LogP contribution in [0.15, 0.2) is 4.99 Å². The van der Waals surface area contributed by atoms with Crippen molar-refractivity contribution in [2.75, 3.05) is 6.54 Å². The van der Waals surface area contributed by atoms with E-state index < -0.39 is 0 Å². The molecule has 1 aliphatic carbocycles. The molecule has 1 aliphatic heterocycles. The van der Waals surface area contributed by atoms with E-state index in [1.807, 2.05) is 0 Å². The van der Waals surface area contributed by atoms with Crippen LogP contribution in [0.1, 0.15) is 66.2 Å². The number of hydrogen-bond acceptors (Lipinski definition) is 3. The summed E-state index contributed by atoms with van der Waals surface area (Å²) in [7, 11) is 0. The first kappa shape index (κ1) is 13.7. The molecule has 0 aromatic heterocycles. The van der Waals surface area contributed by atoms with Gasteiger partial charge in [0.2, 0.25) is 0 Å². The molecule has 1 saturated carbocycles. The first-order chi connectivity index (χ1) is 8.40. The SMILES string of the molecule is CCC(C)N1C(N)=NCC12CCCC(C)(C)CC2. The Kier molecular flexibility index (Phi) is 3.61. The molecule has 3 heteroatoms. The number of nitrogens with two attached hydrogens (primary N) is 1. The van der Waals surface area contributed by atoms with Crippen molar-refractivity contribution in [3.63, 3.8) is 0 Å². The van der Waals surface area contributed by atoms with Crippen molar-refractivity contribution in [2.45, 2.75) is 77.8 Å². The molecule has 0 aromatic carbocycles. The molecular weight excluding hydrogens is 222 g/mol. The van der Waals surface area contributed by atoms with Gasteiger partial charge in [-0.1, -0.05) is 27.2 Å². The summed E-state index contributed by atoms with van der Waals surface area (Å²) >= 11 is 0. The lowest BCUT2D eigenvalue weighted by Crippen LogP contribution is -2.55. The van der Waals surface area contributed by atoms with Crippen LogP contribution in [0.5, 0.6) is 0 Å². The maximum Gasteiger partial charge on any atom is 0.192 e. The van der Waals surface area contributed by atoms with Crippen molar-refractivity contribution >= 4 is 5.96 Å². The monoisotopic (exact) mass is 251 g/mol. The summed E-state index contributed by atoms with van der Waals surface area (Å²) in [6.07, 6.45) is 7.58. The molecule has 0 amide bonds. The van der Waals surface area contributed by atoms with E-state index in [1.54, 1.807) is 0 Å². The van der Waals surface area contributed by atoms with Crippen LogP contribution in [0.3, 0.4) is 0 Å². The van der Waals surface area contributed by atoms with Gasteiger partial charge in [-0.15, -0.1) is 0 Å². The lowest BCUT2D eigenvalue weighted by molar-refractivity contribution is 0.129. The highest BCUT2D eigenvalue weighted by molar-refractivity contribution is 5.81. The third-order valence-corrected chi connectivity index (χ3v) is 5.09. The molecule has 104 valence electrons. The number of aliphatic imine (C=N–C) groups is 1. The van der Waals surface area contributed by atoms with Gasteiger partial charge in [-0.25, -0.2) is 0 Å². The lowest BCUT2D eigenvalue weighted by atomic mass is 9.83. The second-order valence-electron chi connectivity index (χ2n) is 7.04. The first-order valence-corrected chi connectivity index (χ1v) is 7.49. The van der Waals surface area contributed by atoms with Gasteiger partial charge in [0.1, 0.15) is 0 Å². The molecule has 1 fully saturated rings. The third kappa shape index (κ3) is 2.36. The highest BCUT2D eigenvalue weighted by Crippen LogP contribution is 2.43. The minimum Gasteiger partial charge on any atom is -0.370 e. The van der Waals surface area contributed by atoms with Gasteiger partial charge >= 0.3 is 0 Å². The number of nitrogens with zero attached hydrogens (tertiary/aromatic N) is 2. The Morgan fingerprint density at radius 2 is 2.00 bits per heavy atom. The maximum absolute atomic E-state index is 6.16. The van der Waals surface area contributed by atoms with Gasteiger partial charge < -0.3 is 10.6 Å². The molecule has 0 aromatic rings. The minimum atomic E-state index is 0.229. The summed E-state index contributed by atoms with van der Waals surface area (Å²) in [5.41, 5.74) is 6.87. The number of rotatable bonds is 2. The molecular formula is C15H29N3. The van der Waals surface area contributed by atoms with Crippen LogP contribution < -0.4 is 5.73 Å². The summed E-state index contributed by atoms with van der Waals surface area (Å²) in [6.45, 7) is 10.2. The smallest absolute Gasteiger partial charge is 0.192 e. The topological polar surface area (TPSA) is 41.6 Å². The summed E-state index contributed by atoms with van der Waals surface area (Å²) in [4.78, 5) is 7.01. The Balaban J connectivity index is 2.20. The predicted molar refractivity (Wildman–Crippen MR) is 77.7 cm³/mol. The Morgan fingerprint density at radius 3 is 2.67 bits per heavy atom.